The number of rotatable bonds is 3. The summed E-state index contributed by atoms with van der Waals surface area (Å²) >= 11 is 0. The largest absolute Gasteiger partial charge is 0.444 e. The van der Waals surface area contributed by atoms with Gasteiger partial charge >= 0.3 is 18.2 Å². The van der Waals surface area contributed by atoms with Crippen molar-refractivity contribution in [1.82, 2.24) is 20.0 Å². The number of fused-ring (bicyclic) bond motifs is 4. The zero-order valence-electron chi connectivity index (χ0n) is 21.3. The lowest BCUT2D eigenvalue weighted by Gasteiger charge is -2.35. The molecule has 2 bridgehead atoms. The third kappa shape index (κ3) is 4.23. The molecular weight excluding hydrogens is 482 g/mol. The van der Waals surface area contributed by atoms with E-state index >= 15 is 0 Å². The lowest BCUT2D eigenvalue weighted by Crippen LogP contribution is -2.54. The van der Waals surface area contributed by atoms with Gasteiger partial charge in [-0.25, -0.2) is 19.3 Å². The van der Waals surface area contributed by atoms with Crippen LogP contribution < -0.4 is 10.6 Å². The fourth-order valence-corrected chi connectivity index (χ4v) is 5.67. The Morgan fingerprint density at radius 2 is 1.84 bits per heavy atom. The molecule has 2 unspecified atom stereocenters. The summed E-state index contributed by atoms with van der Waals surface area (Å²) in [6.07, 6.45) is 0.128. The molecule has 3 heterocycles. The van der Waals surface area contributed by atoms with Crippen molar-refractivity contribution in [1.29, 1.82) is 0 Å². The number of amides is 6. The number of likely N-dealkylation sites (tertiary alicyclic amines) is 2. The summed E-state index contributed by atoms with van der Waals surface area (Å²) in [7, 11) is 1.51. The zero-order chi connectivity index (χ0) is 26.7. The Morgan fingerprint density at radius 3 is 2.49 bits per heavy atom. The topological polar surface area (TPSA) is 138 Å². The Labute approximate surface area is 214 Å². The van der Waals surface area contributed by atoms with Gasteiger partial charge in [-0.2, -0.15) is 0 Å². The molecule has 37 heavy (non-hydrogen) atoms. The molecule has 198 valence electrons. The summed E-state index contributed by atoms with van der Waals surface area (Å²) in [5.74, 6) is -0.918. The molecule has 0 aromatic heterocycles. The van der Waals surface area contributed by atoms with Crippen LogP contribution in [-0.4, -0.2) is 89.1 Å². The molecule has 3 atom stereocenters. The molecule has 1 spiro atoms. The molecule has 3 fully saturated rings. The summed E-state index contributed by atoms with van der Waals surface area (Å²) in [5.41, 5.74) is -0.153. The summed E-state index contributed by atoms with van der Waals surface area (Å²) in [6, 6.07) is 4.36. The lowest BCUT2D eigenvalue weighted by molar-refractivity contribution is -0.142. The van der Waals surface area contributed by atoms with Crippen molar-refractivity contribution in [3.05, 3.63) is 29.3 Å². The second-order valence-electron chi connectivity index (χ2n) is 10.9. The minimum atomic E-state index is -1.46. The third-order valence-electron chi connectivity index (χ3n) is 7.33. The molecule has 1 aromatic rings. The SMILES string of the molecule is CNC(=O)Nc1ccc2c(c1)CC[C@@]21OC(=O)N(CC(=O)N2CC3CC2CN3C(=O)OC(C)(C)C)C1=O. The van der Waals surface area contributed by atoms with Gasteiger partial charge in [0.15, 0.2) is 0 Å². The Bertz CT molecular complexity index is 1190. The number of carbonyl (C=O) groups is 5. The average molecular weight is 514 g/mol. The monoisotopic (exact) mass is 513 g/mol. The first-order valence-corrected chi connectivity index (χ1v) is 12.4. The second-order valence-corrected chi connectivity index (χ2v) is 10.9. The Hall–Kier alpha value is -3.83. The van der Waals surface area contributed by atoms with Crippen LogP contribution in [0.15, 0.2) is 18.2 Å². The number of hydrogen-bond acceptors (Lipinski definition) is 7. The summed E-state index contributed by atoms with van der Waals surface area (Å²) < 4.78 is 11.1. The number of aryl methyl sites for hydroxylation is 1. The standard InChI is InChI=1S/C25H31N5O7/c1-24(2,3)36-22(34)29-12-16-10-17(29)11-28(16)19(31)13-30-20(32)25(37-23(30)35)8-7-14-9-15(5-6-18(14)25)27-21(33)26-4/h5-6,9,16-17H,7-8,10-13H2,1-4H3,(H2,26,27,33)/t16?,17?,25-/m1/s1. The van der Waals surface area contributed by atoms with Crippen molar-refractivity contribution in [2.75, 3.05) is 32.0 Å². The number of benzene rings is 1. The van der Waals surface area contributed by atoms with Crippen LogP contribution in [0.25, 0.3) is 0 Å². The number of imide groups is 1. The molecular formula is C25H31N5O7. The molecule has 12 nitrogen and oxygen atoms in total. The van der Waals surface area contributed by atoms with E-state index in [2.05, 4.69) is 10.6 Å². The highest BCUT2D eigenvalue weighted by Gasteiger charge is 2.59. The number of urea groups is 1. The summed E-state index contributed by atoms with van der Waals surface area (Å²) in [4.78, 5) is 67.7. The van der Waals surface area contributed by atoms with Gasteiger partial charge in [0.2, 0.25) is 11.5 Å². The first kappa shape index (κ1) is 24.8. The predicted octanol–water partition coefficient (Wildman–Crippen LogP) is 1.78. The van der Waals surface area contributed by atoms with Gasteiger partial charge < -0.3 is 29.9 Å². The van der Waals surface area contributed by atoms with Crippen LogP contribution >= 0.6 is 0 Å². The molecule has 1 aromatic carbocycles. The average Bonchev–Trinajstić information content (AvgIpc) is 3.58. The molecule has 12 heteroatoms. The summed E-state index contributed by atoms with van der Waals surface area (Å²) in [5, 5.41) is 5.16. The molecule has 3 saturated heterocycles. The highest BCUT2D eigenvalue weighted by molar-refractivity contribution is 6.06. The molecule has 0 saturated carbocycles. The van der Waals surface area contributed by atoms with E-state index in [0.717, 1.165) is 10.5 Å². The van der Waals surface area contributed by atoms with E-state index in [1.54, 1.807) is 48.8 Å². The van der Waals surface area contributed by atoms with Crippen molar-refractivity contribution in [3.8, 4) is 0 Å². The highest BCUT2D eigenvalue weighted by Crippen LogP contribution is 2.46. The number of nitrogens with zero attached hydrogens (tertiary/aromatic N) is 3. The number of nitrogens with one attached hydrogen (secondary N) is 2. The Kier molecular flexibility index (Phi) is 5.80. The van der Waals surface area contributed by atoms with Crippen molar-refractivity contribution >= 4 is 35.7 Å². The van der Waals surface area contributed by atoms with E-state index in [0.29, 0.717) is 37.2 Å². The molecule has 6 amide bonds. The Balaban J connectivity index is 1.25. The van der Waals surface area contributed by atoms with Gasteiger partial charge in [-0.1, -0.05) is 6.07 Å². The fraction of sp³-hybridized carbons (Fsp3) is 0.560. The maximum absolute atomic E-state index is 13.5. The van der Waals surface area contributed by atoms with Crippen molar-refractivity contribution in [2.24, 2.45) is 0 Å². The number of hydrogen-bond donors (Lipinski definition) is 2. The normalized spacial score (nSPS) is 26.0. The van der Waals surface area contributed by atoms with Gasteiger partial charge in [0, 0.05) is 37.8 Å². The van der Waals surface area contributed by atoms with Gasteiger partial charge in [0.1, 0.15) is 12.1 Å². The van der Waals surface area contributed by atoms with Crippen molar-refractivity contribution < 1.29 is 33.4 Å². The van der Waals surface area contributed by atoms with Crippen LogP contribution in [0.4, 0.5) is 20.1 Å². The van der Waals surface area contributed by atoms with E-state index in [9.17, 15) is 24.0 Å². The van der Waals surface area contributed by atoms with Gasteiger partial charge in [0.25, 0.3) is 5.91 Å². The zero-order valence-corrected chi connectivity index (χ0v) is 21.3. The molecule has 0 radical (unpaired) electrons. The quantitative estimate of drug-likeness (QED) is 0.628. The van der Waals surface area contributed by atoms with E-state index in [1.807, 2.05) is 0 Å². The highest BCUT2D eigenvalue weighted by atomic mass is 16.6. The number of ether oxygens (including phenoxy) is 2. The minimum Gasteiger partial charge on any atom is -0.444 e. The minimum absolute atomic E-state index is 0.157. The van der Waals surface area contributed by atoms with E-state index < -0.39 is 35.8 Å². The first-order valence-electron chi connectivity index (χ1n) is 12.4. The van der Waals surface area contributed by atoms with Crippen LogP contribution in [0.3, 0.4) is 0 Å². The molecule has 2 N–H and O–H groups in total. The van der Waals surface area contributed by atoms with Gasteiger partial charge in [0.05, 0.1) is 12.1 Å². The Morgan fingerprint density at radius 1 is 1.14 bits per heavy atom. The third-order valence-corrected chi connectivity index (χ3v) is 7.33. The van der Waals surface area contributed by atoms with Gasteiger partial charge in [-0.15, -0.1) is 0 Å². The van der Waals surface area contributed by atoms with E-state index in [-0.39, 0.29) is 30.4 Å². The van der Waals surface area contributed by atoms with Crippen LogP contribution in [0.5, 0.6) is 0 Å². The maximum Gasteiger partial charge on any atom is 0.418 e. The van der Waals surface area contributed by atoms with Crippen molar-refractivity contribution in [3.63, 3.8) is 0 Å². The fourth-order valence-electron chi connectivity index (χ4n) is 5.67. The number of piperazine rings is 1. The molecule has 5 rings (SSSR count). The maximum atomic E-state index is 13.5. The predicted molar refractivity (Wildman–Crippen MR) is 130 cm³/mol. The van der Waals surface area contributed by atoms with E-state index in [4.69, 9.17) is 9.47 Å². The van der Waals surface area contributed by atoms with Crippen LogP contribution in [-0.2, 0) is 31.1 Å². The second kappa shape index (κ2) is 8.63. The first-order chi connectivity index (χ1) is 17.4. The summed E-state index contributed by atoms with van der Waals surface area (Å²) in [6.45, 7) is 5.68. The molecule has 3 aliphatic heterocycles. The van der Waals surface area contributed by atoms with E-state index in [1.165, 1.54) is 7.05 Å². The smallest absolute Gasteiger partial charge is 0.418 e. The lowest BCUT2D eigenvalue weighted by atomic mass is 9.94. The molecule has 4 aliphatic rings. The van der Waals surface area contributed by atoms with Crippen LogP contribution in [0.2, 0.25) is 0 Å². The number of carbonyl (C=O) groups excluding carboxylic acids is 5. The van der Waals surface area contributed by atoms with Gasteiger partial charge in [-0.3, -0.25) is 9.59 Å². The number of anilines is 1. The van der Waals surface area contributed by atoms with Gasteiger partial charge in [-0.05, 0) is 51.3 Å². The molecule has 1 aliphatic carbocycles. The van der Waals surface area contributed by atoms with Crippen LogP contribution in [0.1, 0.15) is 44.7 Å². The van der Waals surface area contributed by atoms with Crippen molar-refractivity contribution in [2.45, 2.75) is 63.3 Å². The van der Waals surface area contributed by atoms with Crippen LogP contribution in [0, 0.1) is 0 Å².